The first-order valence-corrected chi connectivity index (χ1v) is 9.01. The maximum Gasteiger partial charge on any atom is 0.123 e. The van der Waals surface area contributed by atoms with Crippen molar-refractivity contribution in [1.82, 2.24) is 19.7 Å². The molecule has 5 nitrogen and oxygen atoms in total. The third-order valence-corrected chi connectivity index (χ3v) is 5.23. The summed E-state index contributed by atoms with van der Waals surface area (Å²) in [6.45, 7) is 5.58. The third-order valence-electron chi connectivity index (χ3n) is 4.17. The fourth-order valence-corrected chi connectivity index (χ4v) is 3.78. The first-order valence-electron chi connectivity index (χ1n) is 8.13. The van der Waals surface area contributed by atoms with Crippen LogP contribution < -0.4 is 0 Å². The highest BCUT2D eigenvalue weighted by molar-refractivity contribution is 7.09. The van der Waals surface area contributed by atoms with Crippen molar-refractivity contribution in [3.63, 3.8) is 0 Å². The number of rotatable bonds is 4. The largest absolute Gasteiger partial charge is 0.368 e. The second kappa shape index (κ2) is 6.84. The number of ether oxygens (including phenoxy) is 1. The molecule has 24 heavy (non-hydrogen) atoms. The van der Waals surface area contributed by atoms with Gasteiger partial charge >= 0.3 is 0 Å². The first kappa shape index (κ1) is 15.5. The molecule has 0 N–H and O–H groups in total. The summed E-state index contributed by atoms with van der Waals surface area (Å²) in [7, 11) is 0. The van der Waals surface area contributed by atoms with Crippen molar-refractivity contribution >= 4 is 11.3 Å². The van der Waals surface area contributed by atoms with E-state index in [1.807, 2.05) is 23.9 Å². The quantitative estimate of drug-likeness (QED) is 0.731. The minimum absolute atomic E-state index is 0.0980. The fraction of sp³-hybridized carbons (Fsp3) is 0.333. The average Bonchev–Trinajstić information content (AvgIpc) is 3.28. The van der Waals surface area contributed by atoms with Gasteiger partial charge in [-0.15, -0.1) is 11.3 Å². The standard InChI is InChI=1S/C18H20N4OS/c1-14-13-24-18(20-14)17-12-21(9-10-23-17)11-15-3-5-16(6-4-15)22-8-2-7-19-22/h2-8,13,17H,9-12H2,1H3/t17-/m0/s1. The van der Waals surface area contributed by atoms with E-state index in [0.29, 0.717) is 0 Å². The van der Waals surface area contributed by atoms with E-state index >= 15 is 0 Å². The Hall–Kier alpha value is -2.02. The molecule has 3 aromatic rings. The van der Waals surface area contributed by atoms with Gasteiger partial charge in [0.15, 0.2) is 0 Å². The number of hydrogen-bond donors (Lipinski definition) is 0. The van der Waals surface area contributed by atoms with Gasteiger partial charge in [0, 0.05) is 43.1 Å². The van der Waals surface area contributed by atoms with Crippen molar-refractivity contribution in [2.45, 2.75) is 19.6 Å². The van der Waals surface area contributed by atoms with Gasteiger partial charge in [-0.05, 0) is 30.7 Å². The number of morpholine rings is 1. The molecule has 4 rings (SSSR count). The number of aryl methyl sites for hydroxylation is 1. The summed E-state index contributed by atoms with van der Waals surface area (Å²) in [5.41, 5.74) is 3.47. The summed E-state index contributed by atoms with van der Waals surface area (Å²) in [6, 6.07) is 10.5. The molecule has 0 aliphatic carbocycles. The van der Waals surface area contributed by atoms with Gasteiger partial charge in [0.25, 0.3) is 0 Å². The Balaban J connectivity index is 1.41. The molecule has 6 heteroatoms. The summed E-state index contributed by atoms with van der Waals surface area (Å²) in [5, 5.41) is 7.44. The van der Waals surface area contributed by atoms with E-state index in [4.69, 9.17) is 4.74 Å². The minimum Gasteiger partial charge on any atom is -0.368 e. The zero-order valence-corrected chi connectivity index (χ0v) is 14.4. The van der Waals surface area contributed by atoms with Gasteiger partial charge in [0.2, 0.25) is 0 Å². The van der Waals surface area contributed by atoms with Crippen LogP contribution >= 0.6 is 11.3 Å². The molecule has 3 heterocycles. The highest BCUT2D eigenvalue weighted by Gasteiger charge is 2.24. The van der Waals surface area contributed by atoms with Gasteiger partial charge in [0.05, 0.1) is 12.3 Å². The molecule has 0 radical (unpaired) electrons. The summed E-state index contributed by atoms with van der Waals surface area (Å²) in [5.74, 6) is 0. The van der Waals surface area contributed by atoms with Crippen molar-refractivity contribution in [3.8, 4) is 5.69 Å². The van der Waals surface area contributed by atoms with Crippen molar-refractivity contribution in [3.05, 3.63) is 64.4 Å². The molecule has 1 atom stereocenters. The molecule has 0 amide bonds. The van der Waals surface area contributed by atoms with Crippen LogP contribution in [-0.4, -0.2) is 39.4 Å². The number of nitrogens with zero attached hydrogens (tertiary/aromatic N) is 4. The number of thiazole rings is 1. The van der Waals surface area contributed by atoms with Crippen LogP contribution in [0, 0.1) is 6.92 Å². The van der Waals surface area contributed by atoms with Crippen molar-refractivity contribution in [1.29, 1.82) is 0 Å². The summed E-state index contributed by atoms with van der Waals surface area (Å²) in [4.78, 5) is 7.01. The topological polar surface area (TPSA) is 43.2 Å². The molecule has 2 aromatic heterocycles. The molecule has 0 unspecified atom stereocenters. The predicted molar refractivity (Wildman–Crippen MR) is 94.4 cm³/mol. The van der Waals surface area contributed by atoms with E-state index in [1.165, 1.54) is 5.56 Å². The number of benzene rings is 1. The lowest BCUT2D eigenvalue weighted by Crippen LogP contribution is -2.37. The molecule has 1 saturated heterocycles. The Morgan fingerprint density at radius 3 is 2.88 bits per heavy atom. The molecule has 0 spiro atoms. The van der Waals surface area contributed by atoms with Gasteiger partial charge in [-0.3, -0.25) is 4.90 Å². The molecular formula is C18H20N4OS. The van der Waals surface area contributed by atoms with Crippen LogP contribution in [0.4, 0.5) is 0 Å². The van der Waals surface area contributed by atoms with Crippen molar-refractivity contribution in [2.75, 3.05) is 19.7 Å². The van der Waals surface area contributed by atoms with Crippen LogP contribution in [0.5, 0.6) is 0 Å². The SMILES string of the molecule is Cc1csc([C@@H]2CN(Cc3ccc(-n4cccn4)cc3)CCO2)n1. The minimum atomic E-state index is 0.0980. The smallest absolute Gasteiger partial charge is 0.123 e. The summed E-state index contributed by atoms with van der Waals surface area (Å²) < 4.78 is 7.78. The lowest BCUT2D eigenvalue weighted by Gasteiger charge is -2.32. The van der Waals surface area contributed by atoms with E-state index in [1.54, 1.807) is 17.5 Å². The molecule has 0 saturated carbocycles. The highest BCUT2D eigenvalue weighted by Crippen LogP contribution is 2.26. The molecular weight excluding hydrogens is 320 g/mol. The van der Waals surface area contributed by atoms with Gasteiger partial charge in [0.1, 0.15) is 11.1 Å². The van der Waals surface area contributed by atoms with Gasteiger partial charge < -0.3 is 4.74 Å². The van der Waals surface area contributed by atoms with Crippen molar-refractivity contribution in [2.24, 2.45) is 0 Å². The monoisotopic (exact) mass is 340 g/mol. The molecule has 0 bridgehead atoms. The number of hydrogen-bond acceptors (Lipinski definition) is 5. The van der Waals surface area contributed by atoms with Crippen LogP contribution in [0.15, 0.2) is 48.1 Å². The van der Waals surface area contributed by atoms with Gasteiger partial charge in [-0.2, -0.15) is 5.10 Å². The summed E-state index contributed by atoms with van der Waals surface area (Å²) >= 11 is 1.69. The maximum absolute atomic E-state index is 5.91. The fourth-order valence-electron chi connectivity index (χ4n) is 2.95. The Labute approximate surface area is 145 Å². The summed E-state index contributed by atoms with van der Waals surface area (Å²) in [6.07, 6.45) is 3.85. The van der Waals surface area contributed by atoms with E-state index in [0.717, 1.165) is 42.6 Å². The molecule has 1 fully saturated rings. The van der Waals surface area contributed by atoms with E-state index in [2.05, 4.69) is 44.6 Å². The second-order valence-corrected chi connectivity index (χ2v) is 6.93. The van der Waals surface area contributed by atoms with Crippen LogP contribution in [0.25, 0.3) is 5.69 Å². The van der Waals surface area contributed by atoms with E-state index in [9.17, 15) is 0 Å². The van der Waals surface area contributed by atoms with Crippen LogP contribution in [0.1, 0.15) is 22.4 Å². The second-order valence-electron chi connectivity index (χ2n) is 6.04. The lowest BCUT2D eigenvalue weighted by atomic mass is 10.1. The zero-order valence-electron chi connectivity index (χ0n) is 13.6. The Bertz CT molecular complexity index is 782. The number of aromatic nitrogens is 3. The Morgan fingerprint density at radius 1 is 1.29 bits per heavy atom. The van der Waals surface area contributed by atoms with Gasteiger partial charge in [-0.25, -0.2) is 9.67 Å². The third kappa shape index (κ3) is 3.40. The molecule has 1 aliphatic heterocycles. The predicted octanol–water partition coefficient (Wildman–Crippen LogP) is 3.21. The van der Waals surface area contributed by atoms with Crippen LogP contribution in [0.2, 0.25) is 0 Å². The Morgan fingerprint density at radius 2 is 2.17 bits per heavy atom. The zero-order chi connectivity index (χ0) is 16.4. The normalized spacial score (nSPS) is 18.8. The molecule has 1 aliphatic rings. The molecule has 1 aromatic carbocycles. The van der Waals surface area contributed by atoms with Crippen LogP contribution in [-0.2, 0) is 11.3 Å². The van der Waals surface area contributed by atoms with Crippen LogP contribution in [0.3, 0.4) is 0 Å². The average molecular weight is 340 g/mol. The van der Waals surface area contributed by atoms with Crippen molar-refractivity contribution < 1.29 is 4.74 Å². The first-order chi connectivity index (χ1) is 11.8. The van der Waals surface area contributed by atoms with E-state index < -0.39 is 0 Å². The maximum atomic E-state index is 5.91. The van der Waals surface area contributed by atoms with Gasteiger partial charge in [-0.1, -0.05) is 12.1 Å². The lowest BCUT2D eigenvalue weighted by molar-refractivity contribution is -0.0330. The Kier molecular flexibility index (Phi) is 4.42. The highest BCUT2D eigenvalue weighted by atomic mass is 32.1. The molecule has 124 valence electrons. The van der Waals surface area contributed by atoms with E-state index in [-0.39, 0.29) is 6.10 Å².